The Morgan fingerprint density at radius 2 is 0.931 bits per heavy atom. The van der Waals surface area contributed by atoms with Crippen LogP contribution >= 0.6 is 0 Å². The highest BCUT2D eigenvalue weighted by atomic mass is 28.5. The summed E-state index contributed by atoms with van der Waals surface area (Å²) in [4.78, 5) is 0. The molecule has 5 nitrogen and oxygen atoms in total. The van der Waals surface area contributed by atoms with E-state index in [4.69, 9.17) is 20.6 Å². The van der Waals surface area contributed by atoms with Gasteiger partial charge in [-0.25, -0.2) is 0 Å². The molecule has 0 aromatic carbocycles. The maximum atomic E-state index is 6.71. The van der Waals surface area contributed by atoms with Crippen molar-refractivity contribution in [3.05, 3.63) is 0 Å². The van der Waals surface area contributed by atoms with E-state index in [-0.39, 0.29) is 0 Å². The molecule has 0 rings (SSSR count). The van der Waals surface area contributed by atoms with Gasteiger partial charge in [-0.2, -0.15) is 0 Å². The Morgan fingerprint density at radius 1 is 0.517 bits per heavy atom. The molecule has 29 heavy (non-hydrogen) atoms. The Kier molecular flexibility index (Phi) is 11.0. The van der Waals surface area contributed by atoms with Crippen molar-refractivity contribution in [3.63, 3.8) is 0 Å². The van der Waals surface area contributed by atoms with E-state index in [9.17, 15) is 0 Å². The molecule has 0 bridgehead atoms. The molecular formula is C17H50O5Si7. The third kappa shape index (κ3) is 16.6. The molecule has 0 N–H and O–H groups in total. The lowest BCUT2D eigenvalue weighted by atomic mass is 10.9. The molecule has 0 radical (unpaired) electrons. The fourth-order valence-corrected chi connectivity index (χ4v) is 34.8. The zero-order valence-corrected chi connectivity index (χ0v) is 29.2. The van der Waals surface area contributed by atoms with Gasteiger partial charge in [0, 0.05) is 0 Å². The molecule has 2 atom stereocenters. The van der Waals surface area contributed by atoms with Gasteiger partial charge in [0.1, 0.15) is 0 Å². The lowest BCUT2D eigenvalue weighted by Gasteiger charge is -2.40. The topological polar surface area (TPSA) is 46.2 Å². The lowest BCUT2D eigenvalue weighted by molar-refractivity contribution is 0.315. The average molecular weight is 531 g/mol. The van der Waals surface area contributed by atoms with Gasteiger partial charge in [-0.3, -0.25) is 0 Å². The van der Waals surface area contributed by atoms with E-state index in [1.54, 1.807) is 0 Å². The summed E-state index contributed by atoms with van der Waals surface area (Å²) in [5.41, 5.74) is 0. The van der Waals surface area contributed by atoms with Crippen LogP contribution in [0.4, 0.5) is 0 Å². The number of rotatable bonds is 13. The van der Waals surface area contributed by atoms with Gasteiger partial charge < -0.3 is 20.6 Å². The van der Waals surface area contributed by atoms with Crippen LogP contribution in [0.25, 0.3) is 0 Å². The summed E-state index contributed by atoms with van der Waals surface area (Å²) in [5.74, 6) is 0. The summed E-state index contributed by atoms with van der Waals surface area (Å²) in [6.45, 7) is 33.6. The van der Waals surface area contributed by atoms with Crippen LogP contribution in [0.5, 0.6) is 0 Å². The molecule has 0 fully saturated rings. The van der Waals surface area contributed by atoms with Gasteiger partial charge >= 0.3 is 26.4 Å². The van der Waals surface area contributed by atoms with E-state index in [0.717, 1.165) is 12.1 Å². The van der Waals surface area contributed by atoms with Gasteiger partial charge in [-0.1, -0.05) is 0 Å². The fourth-order valence-electron chi connectivity index (χ4n) is 3.73. The van der Waals surface area contributed by atoms with Crippen LogP contribution in [-0.2, 0) is 20.6 Å². The maximum Gasteiger partial charge on any atom is 0.315 e. The molecule has 0 aliphatic heterocycles. The Bertz CT molecular complexity index is 512. The third-order valence-corrected chi connectivity index (χ3v) is 27.0. The lowest BCUT2D eigenvalue weighted by Crippen LogP contribution is -2.55. The minimum Gasteiger partial charge on any atom is -0.456 e. The monoisotopic (exact) mass is 530 g/mol. The number of hydrogen-bond donors (Lipinski definition) is 0. The average Bonchev–Trinajstić information content (AvgIpc) is 2.26. The summed E-state index contributed by atoms with van der Waals surface area (Å²) < 4.78 is 32.8. The van der Waals surface area contributed by atoms with Crippen molar-refractivity contribution in [2.45, 2.75) is 110 Å². The van der Waals surface area contributed by atoms with E-state index >= 15 is 0 Å². The molecule has 0 heterocycles. The molecule has 0 aliphatic rings. The van der Waals surface area contributed by atoms with E-state index in [1.165, 1.54) is 0 Å². The van der Waals surface area contributed by atoms with Gasteiger partial charge in [0.05, 0.1) is 0 Å². The normalized spacial score (nSPS) is 17.9. The van der Waals surface area contributed by atoms with Crippen LogP contribution in [0.2, 0.25) is 110 Å². The van der Waals surface area contributed by atoms with Crippen LogP contribution in [0.1, 0.15) is 0 Å². The first-order chi connectivity index (χ1) is 12.4. The second-order valence-electron chi connectivity index (χ2n) is 12.2. The molecule has 2 unspecified atom stereocenters. The molecule has 12 heteroatoms. The maximum absolute atomic E-state index is 6.71. The Hall–Kier alpha value is 1.32. The highest BCUT2D eigenvalue weighted by Crippen LogP contribution is 2.29. The van der Waals surface area contributed by atoms with Gasteiger partial charge in [0.2, 0.25) is 0 Å². The standard InChI is InChI=1S/C17H50O5Si7/c1-23(18-28(13,14)21-25(5,6)7)19-29(15,22-26(8,9)10)17-16-27(11,12)20-24(2,3)4/h23H,16-17H2,1-15H3. The second kappa shape index (κ2) is 10.5. The Labute approximate surface area is 190 Å². The van der Waals surface area contributed by atoms with Crippen molar-refractivity contribution >= 4 is 59.7 Å². The zero-order chi connectivity index (χ0) is 23.5. The SMILES string of the molecule is C[SiH](O[Si](C)(C)O[Si](C)(C)C)O[Si](C)(CC[Si](C)(C)O[Si](C)(C)C)O[Si](C)(C)C. The zero-order valence-electron chi connectivity index (χ0n) is 22.0. The smallest absolute Gasteiger partial charge is 0.315 e. The second-order valence-corrected chi connectivity index (χ2v) is 40.0. The van der Waals surface area contributed by atoms with Crippen molar-refractivity contribution in [1.29, 1.82) is 0 Å². The minimum absolute atomic E-state index is 0.985. The molecule has 176 valence electrons. The highest BCUT2D eigenvalue weighted by molar-refractivity contribution is 6.88. The van der Waals surface area contributed by atoms with E-state index < -0.39 is 59.7 Å². The predicted molar refractivity (Wildman–Crippen MR) is 145 cm³/mol. The van der Waals surface area contributed by atoms with Gasteiger partial charge in [-0.05, 0) is 110 Å². The number of hydrogen-bond acceptors (Lipinski definition) is 5. The summed E-state index contributed by atoms with van der Waals surface area (Å²) in [5, 5.41) is 0. The Balaban J connectivity index is 5.25. The van der Waals surface area contributed by atoms with Gasteiger partial charge in [0.25, 0.3) is 0 Å². The van der Waals surface area contributed by atoms with E-state index in [0.29, 0.717) is 0 Å². The quantitative estimate of drug-likeness (QED) is 0.258. The summed E-state index contributed by atoms with van der Waals surface area (Å²) in [6, 6.07) is 2.07. The molecule has 0 saturated heterocycles. The fraction of sp³-hybridized carbons (Fsp3) is 1.00. The molecule has 0 saturated carbocycles. The first-order valence-corrected chi connectivity index (χ1v) is 31.7. The minimum atomic E-state index is -2.34. The summed E-state index contributed by atoms with van der Waals surface area (Å²) in [7, 11) is -13.0. The Morgan fingerprint density at radius 3 is 1.31 bits per heavy atom. The third-order valence-electron chi connectivity index (χ3n) is 3.70. The molecule has 0 amide bonds. The summed E-state index contributed by atoms with van der Waals surface area (Å²) >= 11 is 0. The molecule has 0 spiro atoms. The summed E-state index contributed by atoms with van der Waals surface area (Å²) in [6.07, 6.45) is 0. The van der Waals surface area contributed by atoms with Crippen LogP contribution in [0, 0.1) is 0 Å². The first-order valence-electron chi connectivity index (χ1n) is 10.9. The van der Waals surface area contributed by atoms with Crippen LogP contribution < -0.4 is 0 Å². The van der Waals surface area contributed by atoms with Crippen molar-refractivity contribution in [2.75, 3.05) is 0 Å². The van der Waals surface area contributed by atoms with Crippen molar-refractivity contribution in [1.82, 2.24) is 0 Å². The van der Waals surface area contributed by atoms with Crippen molar-refractivity contribution < 1.29 is 20.6 Å². The van der Waals surface area contributed by atoms with E-state index in [1.807, 2.05) is 0 Å². The van der Waals surface area contributed by atoms with Crippen molar-refractivity contribution in [2.24, 2.45) is 0 Å². The highest BCUT2D eigenvalue weighted by Gasteiger charge is 2.43. The van der Waals surface area contributed by atoms with Gasteiger partial charge in [-0.15, -0.1) is 0 Å². The molecular weight excluding hydrogens is 481 g/mol. The van der Waals surface area contributed by atoms with Crippen LogP contribution in [-0.4, -0.2) is 59.7 Å². The van der Waals surface area contributed by atoms with Crippen molar-refractivity contribution in [3.8, 4) is 0 Å². The molecule has 0 aliphatic carbocycles. The molecule has 0 aromatic rings. The van der Waals surface area contributed by atoms with Crippen LogP contribution in [0.3, 0.4) is 0 Å². The largest absolute Gasteiger partial charge is 0.456 e. The molecule has 0 aromatic heterocycles. The first kappa shape index (κ1) is 30.3. The van der Waals surface area contributed by atoms with Crippen LogP contribution in [0.15, 0.2) is 0 Å². The van der Waals surface area contributed by atoms with E-state index in [2.05, 4.69) is 98.2 Å². The van der Waals surface area contributed by atoms with Gasteiger partial charge in [0.15, 0.2) is 33.3 Å². The predicted octanol–water partition coefficient (Wildman–Crippen LogP) is 6.40.